The van der Waals surface area contributed by atoms with Crippen molar-refractivity contribution in [2.45, 2.75) is 32.6 Å². The topological polar surface area (TPSA) is 26.3 Å². The number of benzene rings is 1. The summed E-state index contributed by atoms with van der Waals surface area (Å²) in [5.74, 6) is 1.35. The van der Waals surface area contributed by atoms with Crippen LogP contribution in [0.2, 0.25) is 0 Å². The first-order chi connectivity index (χ1) is 8.70. The summed E-state index contributed by atoms with van der Waals surface area (Å²) >= 11 is 0. The Labute approximate surface area is 109 Å². The molecule has 0 aromatic heterocycles. The minimum Gasteiger partial charge on any atom is -0.497 e. The molecular formula is C16H20O2. The van der Waals surface area contributed by atoms with Gasteiger partial charge in [0.25, 0.3) is 0 Å². The molecular weight excluding hydrogens is 224 g/mol. The summed E-state index contributed by atoms with van der Waals surface area (Å²) < 4.78 is 5.13. The summed E-state index contributed by atoms with van der Waals surface area (Å²) in [6, 6.07) is 7.84. The maximum atomic E-state index is 12.2. The minimum atomic E-state index is 0.178. The molecule has 1 aliphatic carbocycles. The summed E-state index contributed by atoms with van der Waals surface area (Å²) in [6.07, 6.45) is 6.25. The Morgan fingerprint density at radius 3 is 2.61 bits per heavy atom. The molecule has 2 rings (SSSR count). The van der Waals surface area contributed by atoms with Crippen molar-refractivity contribution in [3.05, 3.63) is 35.4 Å². The molecule has 1 aromatic carbocycles. The van der Waals surface area contributed by atoms with Crippen molar-refractivity contribution in [2.75, 3.05) is 7.11 Å². The Kier molecular flexibility index (Phi) is 4.19. The SMILES string of the molecule is COc1ccc(/C=C2\CCCCC(C)C2=O)cc1. The predicted octanol–water partition coefficient (Wildman–Crippen LogP) is 3.86. The van der Waals surface area contributed by atoms with Crippen LogP contribution in [0.3, 0.4) is 0 Å². The maximum Gasteiger partial charge on any atom is 0.161 e. The third kappa shape index (κ3) is 3.00. The lowest BCUT2D eigenvalue weighted by atomic mass is 9.96. The molecule has 96 valence electrons. The Morgan fingerprint density at radius 1 is 1.22 bits per heavy atom. The van der Waals surface area contributed by atoms with Crippen LogP contribution in [0.25, 0.3) is 6.08 Å². The van der Waals surface area contributed by atoms with Crippen LogP contribution >= 0.6 is 0 Å². The number of carbonyl (C=O) groups excluding carboxylic acids is 1. The van der Waals surface area contributed by atoms with Gasteiger partial charge in [-0.2, -0.15) is 0 Å². The Morgan fingerprint density at radius 2 is 1.94 bits per heavy atom. The Balaban J connectivity index is 2.21. The van der Waals surface area contributed by atoms with Gasteiger partial charge in [-0.3, -0.25) is 4.79 Å². The molecule has 1 aliphatic rings. The normalized spacial score (nSPS) is 22.9. The fraction of sp³-hybridized carbons (Fsp3) is 0.438. The van der Waals surface area contributed by atoms with Crippen LogP contribution in [0, 0.1) is 5.92 Å². The zero-order valence-corrected chi connectivity index (χ0v) is 11.1. The number of Topliss-reactive ketones (excluding diaryl/α,β-unsaturated/α-hetero) is 1. The largest absolute Gasteiger partial charge is 0.497 e. The van der Waals surface area contributed by atoms with E-state index >= 15 is 0 Å². The highest BCUT2D eigenvalue weighted by atomic mass is 16.5. The van der Waals surface area contributed by atoms with Gasteiger partial charge in [-0.1, -0.05) is 25.5 Å². The smallest absolute Gasteiger partial charge is 0.161 e. The van der Waals surface area contributed by atoms with Crippen molar-refractivity contribution in [2.24, 2.45) is 5.92 Å². The van der Waals surface area contributed by atoms with Crippen LogP contribution in [0.15, 0.2) is 29.8 Å². The van der Waals surface area contributed by atoms with Crippen LogP contribution in [0.5, 0.6) is 5.75 Å². The van der Waals surface area contributed by atoms with Gasteiger partial charge < -0.3 is 4.74 Å². The second-order valence-electron chi connectivity index (χ2n) is 4.95. The fourth-order valence-corrected chi connectivity index (χ4v) is 2.38. The van der Waals surface area contributed by atoms with Gasteiger partial charge in [0.2, 0.25) is 0 Å². The summed E-state index contributed by atoms with van der Waals surface area (Å²) in [5.41, 5.74) is 2.05. The number of hydrogen-bond donors (Lipinski definition) is 0. The highest BCUT2D eigenvalue weighted by Gasteiger charge is 2.20. The van der Waals surface area contributed by atoms with E-state index in [1.54, 1.807) is 7.11 Å². The van der Waals surface area contributed by atoms with Crippen molar-refractivity contribution < 1.29 is 9.53 Å². The number of ketones is 1. The molecule has 2 heteroatoms. The highest BCUT2D eigenvalue weighted by molar-refractivity contribution is 6.01. The van der Waals surface area contributed by atoms with E-state index in [0.29, 0.717) is 5.78 Å². The van der Waals surface area contributed by atoms with E-state index < -0.39 is 0 Å². The zero-order valence-electron chi connectivity index (χ0n) is 11.1. The third-order valence-corrected chi connectivity index (χ3v) is 3.55. The molecule has 0 heterocycles. The lowest BCUT2D eigenvalue weighted by molar-refractivity contribution is -0.118. The van der Waals surface area contributed by atoms with E-state index in [-0.39, 0.29) is 5.92 Å². The van der Waals surface area contributed by atoms with E-state index in [9.17, 15) is 4.79 Å². The average Bonchev–Trinajstić information content (AvgIpc) is 2.55. The summed E-state index contributed by atoms with van der Waals surface area (Å²) in [6.45, 7) is 2.04. The number of hydrogen-bond acceptors (Lipinski definition) is 2. The maximum absolute atomic E-state index is 12.2. The summed E-state index contributed by atoms with van der Waals surface area (Å²) in [4.78, 5) is 12.2. The summed E-state index contributed by atoms with van der Waals surface area (Å²) in [7, 11) is 1.66. The molecule has 0 saturated heterocycles. The van der Waals surface area contributed by atoms with Gasteiger partial charge in [0.15, 0.2) is 5.78 Å². The van der Waals surface area contributed by atoms with E-state index in [1.807, 2.05) is 37.3 Å². The van der Waals surface area contributed by atoms with E-state index in [2.05, 4.69) is 0 Å². The van der Waals surface area contributed by atoms with Crippen LogP contribution in [0.1, 0.15) is 38.2 Å². The average molecular weight is 244 g/mol. The van der Waals surface area contributed by atoms with Crippen LogP contribution in [0.4, 0.5) is 0 Å². The van der Waals surface area contributed by atoms with E-state index in [1.165, 1.54) is 0 Å². The number of rotatable bonds is 2. The van der Waals surface area contributed by atoms with Gasteiger partial charge in [-0.05, 0) is 48.6 Å². The molecule has 0 amide bonds. The number of methoxy groups -OCH3 is 1. The highest BCUT2D eigenvalue weighted by Crippen LogP contribution is 2.25. The van der Waals surface area contributed by atoms with Crippen molar-refractivity contribution in [1.29, 1.82) is 0 Å². The monoisotopic (exact) mass is 244 g/mol. The van der Waals surface area contributed by atoms with Crippen LogP contribution < -0.4 is 4.74 Å². The fourth-order valence-electron chi connectivity index (χ4n) is 2.38. The van der Waals surface area contributed by atoms with Gasteiger partial charge in [0, 0.05) is 5.92 Å². The van der Waals surface area contributed by atoms with Crippen LogP contribution in [-0.4, -0.2) is 12.9 Å². The van der Waals surface area contributed by atoms with Gasteiger partial charge in [0.1, 0.15) is 5.75 Å². The van der Waals surface area contributed by atoms with Gasteiger partial charge in [0.05, 0.1) is 7.11 Å². The molecule has 0 N–H and O–H groups in total. The van der Waals surface area contributed by atoms with Crippen LogP contribution in [-0.2, 0) is 4.79 Å². The molecule has 0 bridgehead atoms. The molecule has 0 radical (unpaired) electrons. The first-order valence-corrected chi connectivity index (χ1v) is 6.59. The molecule has 2 nitrogen and oxygen atoms in total. The molecule has 1 atom stereocenters. The third-order valence-electron chi connectivity index (χ3n) is 3.55. The molecule has 0 spiro atoms. The first-order valence-electron chi connectivity index (χ1n) is 6.59. The van der Waals surface area contributed by atoms with Gasteiger partial charge in [-0.25, -0.2) is 0 Å². The standard InChI is InChI=1S/C16H20O2/c1-12-5-3-4-6-14(16(12)17)11-13-7-9-15(18-2)10-8-13/h7-12H,3-6H2,1-2H3/b14-11+. The zero-order chi connectivity index (χ0) is 13.0. The van der Waals surface area contributed by atoms with Crippen molar-refractivity contribution in [3.8, 4) is 5.75 Å². The lowest BCUT2D eigenvalue weighted by Gasteiger charge is -2.07. The molecule has 0 aliphatic heterocycles. The molecule has 1 saturated carbocycles. The Hall–Kier alpha value is -1.57. The second-order valence-corrected chi connectivity index (χ2v) is 4.95. The number of ether oxygens (including phenoxy) is 1. The number of allylic oxidation sites excluding steroid dienone is 1. The second kappa shape index (κ2) is 5.85. The van der Waals surface area contributed by atoms with Gasteiger partial charge >= 0.3 is 0 Å². The Bertz CT molecular complexity index is 443. The van der Waals surface area contributed by atoms with Crippen molar-refractivity contribution in [1.82, 2.24) is 0 Å². The predicted molar refractivity (Wildman–Crippen MR) is 73.6 cm³/mol. The van der Waals surface area contributed by atoms with E-state index in [4.69, 9.17) is 4.74 Å². The molecule has 1 unspecified atom stereocenters. The minimum absolute atomic E-state index is 0.178. The van der Waals surface area contributed by atoms with Crippen molar-refractivity contribution >= 4 is 11.9 Å². The lowest BCUT2D eigenvalue weighted by Crippen LogP contribution is -2.10. The molecule has 1 fully saturated rings. The van der Waals surface area contributed by atoms with Crippen molar-refractivity contribution in [3.63, 3.8) is 0 Å². The quantitative estimate of drug-likeness (QED) is 0.583. The van der Waals surface area contributed by atoms with E-state index in [0.717, 1.165) is 42.6 Å². The first kappa shape index (κ1) is 12.9. The number of carbonyl (C=O) groups is 1. The molecule has 1 aromatic rings. The molecule has 18 heavy (non-hydrogen) atoms. The van der Waals surface area contributed by atoms with Gasteiger partial charge in [-0.15, -0.1) is 0 Å². The summed E-state index contributed by atoms with van der Waals surface area (Å²) in [5, 5.41) is 0.